The van der Waals surface area contributed by atoms with Gasteiger partial charge in [-0.2, -0.15) is 0 Å². The molecule has 1 aromatic rings. The number of rotatable bonds is 6. The molecule has 0 radical (unpaired) electrons. The quantitative estimate of drug-likeness (QED) is 0.747. The van der Waals surface area contributed by atoms with E-state index in [1.807, 2.05) is 0 Å². The van der Waals surface area contributed by atoms with E-state index in [-0.39, 0.29) is 5.03 Å². The van der Waals surface area contributed by atoms with E-state index in [1.54, 1.807) is 0 Å². The smallest absolute Gasteiger partial charge is 0.261 e. The van der Waals surface area contributed by atoms with Gasteiger partial charge in [-0.1, -0.05) is 25.7 Å². The van der Waals surface area contributed by atoms with Crippen LogP contribution in [0.4, 0.5) is 0 Å². The van der Waals surface area contributed by atoms with E-state index in [0.29, 0.717) is 12.3 Å². The van der Waals surface area contributed by atoms with E-state index in [0.717, 1.165) is 17.1 Å². The summed E-state index contributed by atoms with van der Waals surface area (Å²) < 4.78 is 26.6. The zero-order chi connectivity index (χ0) is 15.6. The monoisotopic (exact) mass is 333 g/mol. The lowest BCUT2D eigenvalue weighted by Crippen LogP contribution is -2.22. The number of sulfonamides is 1. The normalized spacial score (nSPS) is 18.3. The Balaban J connectivity index is 2.22. The first-order valence-corrected chi connectivity index (χ1v) is 8.79. The summed E-state index contributed by atoms with van der Waals surface area (Å²) in [6.45, 7) is 0. The second kappa shape index (κ2) is 6.46. The highest BCUT2D eigenvalue weighted by atomic mass is 35.5. The van der Waals surface area contributed by atoms with Gasteiger partial charge in [0.05, 0.1) is 6.33 Å². The van der Waals surface area contributed by atoms with Gasteiger partial charge in [-0.15, -0.1) is 0 Å². The molecule has 118 valence electrons. The van der Waals surface area contributed by atoms with E-state index in [1.165, 1.54) is 44.0 Å². The minimum absolute atomic E-state index is 0.0677. The van der Waals surface area contributed by atoms with Gasteiger partial charge < -0.3 is 4.57 Å². The van der Waals surface area contributed by atoms with Crippen LogP contribution in [0.3, 0.4) is 0 Å². The third kappa shape index (κ3) is 3.64. The molecule has 0 bridgehead atoms. The largest absolute Gasteiger partial charge is 0.324 e. The number of aromatic nitrogens is 2. The minimum atomic E-state index is -3.60. The average Bonchev–Trinajstić information content (AvgIpc) is 3.07. The summed E-state index contributed by atoms with van der Waals surface area (Å²) in [5.41, 5.74) is 0. The maximum atomic E-state index is 12.0. The van der Waals surface area contributed by atoms with Gasteiger partial charge in [0.15, 0.2) is 5.03 Å². The van der Waals surface area contributed by atoms with Crippen LogP contribution in [0, 0.1) is 5.92 Å². The van der Waals surface area contributed by atoms with Crippen LogP contribution in [0.1, 0.15) is 38.1 Å². The molecule has 0 aliphatic heterocycles. The van der Waals surface area contributed by atoms with Crippen LogP contribution in [0.5, 0.6) is 0 Å². The maximum Gasteiger partial charge on any atom is 0.261 e. The van der Waals surface area contributed by atoms with E-state index in [9.17, 15) is 13.2 Å². The standard InChI is InChI=1S/C13H20ClN3O3S/c1-16(2)21(19,20)12-8-17(9-15-12)11(13(14)18)7-10-5-3-4-6-10/h8-11H,3-7H2,1-2H3. The molecular weight excluding hydrogens is 314 g/mol. The van der Waals surface area contributed by atoms with Crippen molar-refractivity contribution in [2.75, 3.05) is 14.1 Å². The fourth-order valence-corrected chi connectivity index (χ4v) is 3.71. The van der Waals surface area contributed by atoms with Gasteiger partial charge >= 0.3 is 0 Å². The third-order valence-electron chi connectivity index (χ3n) is 3.98. The minimum Gasteiger partial charge on any atom is -0.324 e. The number of imidazole rings is 1. The third-order valence-corrected chi connectivity index (χ3v) is 5.93. The summed E-state index contributed by atoms with van der Waals surface area (Å²) in [4.78, 5) is 15.6. The molecule has 0 amide bonds. The zero-order valence-electron chi connectivity index (χ0n) is 12.2. The SMILES string of the molecule is CN(C)S(=O)(=O)c1cn(C(CC2CCCC2)C(=O)Cl)cn1. The first kappa shape index (κ1) is 16.5. The molecule has 1 aromatic heterocycles. The Morgan fingerprint density at radius 3 is 2.62 bits per heavy atom. The molecule has 0 N–H and O–H groups in total. The predicted octanol–water partition coefficient (Wildman–Crippen LogP) is 2.02. The molecule has 1 saturated carbocycles. The van der Waals surface area contributed by atoms with Crippen molar-refractivity contribution < 1.29 is 13.2 Å². The molecule has 1 atom stereocenters. The molecule has 0 aromatic carbocycles. The second-order valence-corrected chi connectivity index (χ2v) is 8.12. The number of nitrogens with zero attached hydrogens (tertiary/aromatic N) is 3. The summed E-state index contributed by atoms with van der Waals surface area (Å²) in [5, 5.41) is -0.546. The van der Waals surface area contributed by atoms with Gasteiger partial charge in [-0.05, 0) is 23.9 Å². The first-order valence-electron chi connectivity index (χ1n) is 6.97. The van der Waals surface area contributed by atoms with Crippen LogP contribution < -0.4 is 0 Å². The molecule has 21 heavy (non-hydrogen) atoms. The molecule has 8 heteroatoms. The van der Waals surface area contributed by atoms with E-state index in [4.69, 9.17) is 11.6 Å². The molecule has 1 fully saturated rings. The van der Waals surface area contributed by atoms with Crippen LogP contribution in [-0.2, 0) is 14.8 Å². The Kier molecular flexibility index (Phi) is 5.06. The summed E-state index contributed by atoms with van der Waals surface area (Å²) in [5.74, 6) is 0.467. The Morgan fingerprint density at radius 1 is 1.48 bits per heavy atom. The topological polar surface area (TPSA) is 72.3 Å². The van der Waals surface area contributed by atoms with Gasteiger partial charge in [0.25, 0.3) is 10.0 Å². The van der Waals surface area contributed by atoms with Gasteiger partial charge in [0.2, 0.25) is 5.24 Å². The summed E-state index contributed by atoms with van der Waals surface area (Å²) >= 11 is 5.70. The van der Waals surface area contributed by atoms with Gasteiger partial charge in [-0.3, -0.25) is 4.79 Å². The highest BCUT2D eigenvalue weighted by molar-refractivity contribution is 7.89. The zero-order valence-corrected chi connectivity index (χ0v) is 13.8. The van der Waals surface area contributed by atoms with E-state index in [2.05, 4.69) is 4.98 Å². The highest BCUT2D eigenvalue weighted by Gasteiger charge is 2.27. The molecule has 0 saturated heterocycles. The molecule has 1 unspecified atom stereocenters. The number of halogens is 1. The van der Waals surface area contributed by atoms with Crippen molar-refractivity contribution in [2.24, 2.45) is 5.92 Å². The van der Waals surface area contributed by atoms with E-state index < -0.39 is 21.3 Å². The summed E-state index contributed by atoms with van der Waals surface area (Å²) in [7, 11) is -0.712. The number of carbonyl (C=O) groups is 1. The lowest BCUT2D eigenvalue weighted by molar-refractivity contribution is -0.115. The van der Waals surface area contributed by atoms with Crippen LogP contribution >= 0.6 is 11.6 Å². The molecule has 0 spiro atoms. The lowest BCUT2D eigenvalue weighted by Gasteiger charge is -2.18. The molecule has 1 heterocycles. The van der Waals surface area contributed by atoms with Crippen LogP contribution in [0.25, 0.3) is 0 Å². The average molecular weight is 334 g/mol. The number of hydrogen-bond donors (Lipinski definition) is 0. The van der Waals surface area contributed by atoms with Gasteiger partial charge in [0.1, 0.15) is 6.04 Å². The van der Waals surface area contributed by atoms with Crippen LogP contribution in [-0.4, -0.2) is 41.6 Å². The van der Waals surface area contributed by atoms with Crippen molar-refractivity contribution in [3.63, 3.8) is 0 Å². The van der Waals surface area contributed by atoms with Crippen molar-refractivity contribution in [1.29, 1.82) is 0 Å². The predicted molar refractivity (Wildman–Crippen MR) is 79.6 cm³/mol. The Labute approximate surface area is 130 Å². The fourth-order valence-electron chi connectivity index (χ4n) is 2.70. The molecular formula is C13H20ClN3O3S. The summed E-state index contributed by atoms with van der Waals surface area (Å²) in [6.07, 6.45) is 7.94. The molecule has 2 rings (SSSR count). The molecule has 1 aliphatic rings. The van der Waals surface area contributed by atoms with Gasteiger partial charge in [0, 0.05) is 20.3 Å². The number of carbonyl (C=O) groups excluding carboxylic acids is 1. The molecule has 1 aliphatic carbocycles. The second-order valence-electron chi connectivity index (χ2n) is 5.65. The van der Waals surface area contributed by atoms with Crippen LogP contribution in [0.2, 0.25) is 0 Å². The van der Waals surface area contributed by atoms with Crippen molar-refractivity contribution in [3.05, 3.63) is 12.5 Å². The van der Waals surface area contributed by atoms with Crippen molar-refractivity contribution in [1.82, 2.24) is 13.9 Å². The van der Waals surface area contributed by atoms with Crippen molar-refractivity contribution >= 4 is 26.9 Å². The van der Waals surface area contributed by atoms with Crippen molar-refractivity contribution in [2.45, 2.75) is 43.2 Å². The lowest BCUT2D eigenvalue weighted by atomic mass is 9.99. The fraction of sp³-hybridized carbons (Fsp3) is 0.692. The Hall–Kier alpha value is -0.920. The van der Waals surface area contributed by atoms with Gasteiger partial charge in [-0.25, -0.2) is 17.7 Å². The first-order chi connectivity index (χ1) is 9.82. The van der Waals surface area contributed by atoms with Crippen LogP contribution in [0.15, 0.2) is 17.6 Å². The Bertz CT molecular complexity index is 606. The Morgan fingerprint density at radius 2 is 2.10 bits per heavy atom. The molecule has 6 nitrogen and oxygen atoms in total. The number of hydrogen-bond acceptors (Lipinski definition) is 4. The maximum absolute atomic E-state index is 12.0. The summed E-state index contributed by atoms with van der Waals surface area (Å²) in [6, 6.07) is -0.548. The van der Waals surface area contributed by atoms with Crippen molar-refractivity contribution in [3.8, 4) is 0 Å². The highest BCUT2D eigenvalue weighted by Crippen LogP contribution is 2.33. The van der Waals surface area contributed by atoms with E-state index >= 15 is 0 Å².